The minimum atomic E-state index is 1.36. The van der Waals surface area contributed by atoms with Gasteiger partial charge in [-0.1, -0.05) is 93.2 Å². The maximum atomic E-state index is 2.29. The van der Waals surface area contributed by atoms with Crippen molar-refractivity contribution in [3.05, 3.63) is 0 Å². The Morgan fingerprint density at radius 2 is 0.824 bits per heavy atom. The molecule has 0 nitrogen and oxygen atoms in total. The summed E-state index contributed by atoms with van der Waals surface area (Å²) in [6.45, 7) is 4.57. The summed E-state index contributed by atoms with van der Waals surface area (Å²) in [7, 11) is 4.19. The first kappa shape index (κ1) is 17.7. The summed E-state index contributed by atoms with van der Waals surface area (Å²) in [5.41, 5.74) is 0. The third-order valence-corrected chi connectivity index (χ3v) is 5.57. The van der Waals surface area contributed by atoms with Crippen LogP contribution in [0.5, 0.6) is 0 Å². The third kappa shape index (κ3) is 16.7. The molecule has 0 heterocycles. The molecule has 0 saturated heterocycles. The van der Waals surface area contributed by atoms with Crippen molar-refractivity contribution < 1.29 is 0 Å². The first-order valence-corrected chi connectivity index (χ1v) is 10.1. The van der Waals surface area contributed by atoms with Crippen molar-refractivity contribution in [1.29, 1.82) is 0 Å². The molecule has 17 heavy (non-hydrogen) atoms. The Kier molecular flexibility index (Phi) is 17.4. The van der Waals surface area contributed by atoms with E-state index in [9.17, 15) is 0 Å². The predicted octanol–water partition coefficient (Wildman–Crippen LogP) is 6.70. The third-order valence-electron chi connectivity index (χ3n) is 3.00. The van der Waals surface area contributed by atoms with Gasteiger partial charge >= 0.3 is 0 Å². The lowest BCUT2D eigenvalue weighted by Crippen LogP contribution is -1.82. The van der Waals surface area contributed by atoms with Crippen molar-refractivity contribution in [1.82, 2.24) is 0 Å². The van der Waals surface area contributed by atoms with Gasteiger partial charge in [-0.15, -0.1) is 0 Å². The van der Waals surface area contributed by atoms with Gasteiger partial charge < -0.3 is 0 Å². The Morgan fingerprint density at radius 3 is 1.29 bits per heavy atom. The van der Waals surface area contributed by atoms with Gasteiger partial charge in [-0.25, -0.2) is 0 Å². The minimum Gasteiger partial charge on any atom is -0.0942 e. The molecule has 0 N–H and O–H groups in total. The van der Waals surface area contributed by atoms with Gasteiger partial charge in [-0.05, 0) is 12.8 Å². The second-order valence-electron chi connectivity index (χ2n) is 4.83. The van der Waals surface area contributed by atoms with E-state index in [1.807, 2.05) is 0 Å². The van der Waals surface area contributed by atoms with Crippen molar-refractivity contribution >= 4 is 21.6 Å². The predicted molar refractivity (Wildman–Crippen MR) is 87.1 cm³/mol. The second kappa shape index (κ2) is 16.7. The van der Waals surface area contributed by atoms with Crippen LogP contribution >= 0.6 is 21.6 Å². The average Bonchev–Trinajstić information content (AvgIpc) is 2.35. The van der Waals surface area contributed by atoms with Crippen molar-refractivity contribution in [3.63, 3.8) is 0 Å². The maximum Gasteiger partial charge on any atom is 0.00369 e. The molecule has 0 atom stereocenters. The van der Waals surface area contributed by atoms with Crippen LogP contribution in [0.25, 0.3) is 0 Å². The van der Waals surface area contributed by atoms with E-state index >= 15 is 0 Å². The summed E-state index contributed by atoms with van der Waals surface area (Å²) in [5.74, 6) is 2.73. The molecule has 0 spiro atoms. The Morgan fingerprint density at radius 1 is 0.471 bits per heavy atom. The number of unbranched alkanes of at least 4 members (excludes halogenated alkanes) is 9. The van der Waals surface area contributed by atoms with Gasteiger partial charge in [-0.2, -0.15) is 0 Å². The van der Waals surface area contributed by atoms with Gasteiger partial charge in [0.05, 0.1) is 0 Å². The van der Waals surface area contributed by atoms with Crippen molar-refractivity contribution in [2.75, 3.05) is 11.5 Å². The van der Waals surface area contributed by atoms with Gasteiger partial charge in [0.25, 0.3) is 0 Å². The average molecular weight is 277 g/mol. The van der Waals surface area contributed by atoms with Crippen molar-refractivity contribution in [2.24, 2.45) is 0 Å². The quantitative estimate of drug-likeness (QED) is 0.256. The van der Waals surface area contributed by atoms with Gasteiger partial charge in [0.1, 0.15) is 0 Å². The van der Waals surface area contributed by atoms with Crippen LogP contribution in [0.15, 0.2) is 0 Å². The smallest absolute Gasteiger partial charge is 0.00369 e. The highest BCUT2D eigenvalue weighted by molar-refractivity contribution is 8.76. The molecular weight excluding hydrogens is 244 g/mol. The zero-order valence-corrected chi connectivity index (χ0v) is 13.6. The normalized spacial score (nSPS) is 10.9. The molecule has 0 bridgehead atoms. The molecular formula is C15H32S2. The van der Waals surface area contributed by atoms with Gasteiger partial charge in [0.15, 0.2) is 0 Å². The van der Waals surface area contributed by atoms with Crippen LogP contribution in [0.2, 0.25) is 0 Å². The lowest BCUT2D eigenvalue weighted by molar-refractivity contribution is 0.604. The fourth-order valence-electron chi connectivity index (χ4n) is 1.82. The fraction of sp³-hybridized carbons (Fsp3) is 1.00. The Balaban J connectivity index is 2.85. The summed E-state index contributed by atoms with van der Waals surface area (Å²) < 4.78 is 0. The summed E-state index contributed by atoms with van der Waals surface area (Å²) >= 11 is 0. The first-order valence-electron chi connectivity index (χ1n) is 7.66. The lowest BCUT2D eigenvalue weighted by Gasteiger charge is -2.02. The van der Waals surface area contributed by atoms with E-state index in [1.54, 1.807) is 0 Å². The van der Waals surface area contributed by atoms with Crippen molar-refractivity contribution in [3.8, 4) is 0 Å². The number of hydrogen-bond donors (Lipinski definition) is 0. The van der Waals surface area contributed by atoms with Crippen LogP contribution in [0.3, 0.4) is 0 Å². The Labute approximate surface area is 117 Å². The van der Waals surface area contributed by atoms with E-state index in [4.69, 9.17) is 0 Å². The molecule has 0 unspecified atom stereocenters. The Bertz CT molecular complexity index is 112. The van der Waals surface area contributed by atoms with Crippen LogP contribution < -0.4 is 0 Å². The topological polar surface area (TPSA) is 0 Å². The molecule has 0 saturated carbocycles. The lowest BCUT2D eigenvalue weighted by atomic mass is 10.1. The molecule has 0 aromatic heterocycles. The summed E-state index contributed by atoms with van der Waals surface area (Å²) in [5, 5.41) is 0. The first-order chi connectivity index (χ1) is 8.41. The van der Waals surface area contributed by atoms with E-state index in [-0.39, 0.29) is 0 Å². The number of rotatable bonds is 14. The molecule has 0 aromatic rings. The second-order valence-corrected chi connectivity index (χ2v) is 7.53. The van der Waals surface area contributed by atoms with E-state index in [0.29, 0.717) is 0 Å². The zero-order chi connectivity index (χ0) is 12.6. The molecule has 0 rings (SSSR count). The fourth-order valence-corrected chi connectivity index (χ4v) is 4.12. The SMILES string of the molecule is CCCCCCCCCSSCCCCCC. The molecule has 104 valence electrons. The highest BCUT2D eigenvalue weighted by Gasteiger charge is 1.93. The minimum absolute atomic E-state index is 1.36. The van der Waals surface area contributed by atoms with Crippen molar-refractivity contribution in [2.45, 2.75) is 84.5 Å². The van der Waals surface area contributed by atoms with E-state index in [2.05, 4.69) is 35.4 Å². The monoisotopic (exact) mass is 276 g/mol. The van der Waals surface area contributed by atoms with Crippen LogP contribution in [0.4, 0.5) is 0 Å². The van der Waals surface area contributed by atoms with Crippen LogP contribution in [0, 0.1) is 0 Å². The zero-order valence-electron chi connectivity index (χ0n) is 12.0. The van der Waals surface area contributed by atoms with E-state index in [1.165, 1.54) is 82.1 Å². The molecule has 0 aliphatic rings. The van der Waals surface area contributed by atoms with Gasteiger partial charge in [0, 0.05) is 11.5 Å². The molecule has 0 aliphatic carbocycles. The molecule has 0 amide bonds. The standard InChI is InChI=1S/C15H32S2/c1-3-5-7-9-10-11-13-15-17-16-14-12-8-6-4-2/h3-15H2,1-2H3. The van der Waals surface area contributed by atoms with Gasteiger partial charge in [-0.3, -0.25) is 0 Å². The molecule has 2 heteroatoms. The highest BCUT2D eigenvalue weighted by atomic mass is 33.1. The van der Waals surface area contributed by atoms with E-state index < -0.39 is 0 Å². The molecule has 0 radical (unpaired) electrons. The van der Waals surface area contributed by atoms with Crippen LogP contribution in [0.1, 0.15) is 84.5 Å². The van der Waals surface area contributed by atoms with Gasteiger partial charge in [0.2, 0.25) is 0 Å². The summed E-state index contributed by atoms with van der Waals surface area (Å²) in [4.78, 5) is 0. The molecule has 0 aliphatic heterocycles. The highest BCUT2D eigenvalue weighted by Crippen LogP contribution is 2.24. The molecule has 0 aromatic carbocycles. The Hall–Kier alpha value is 0.700. The summed E-state index contributed by atoms with van der Waals surface area (Å²) in [6.07, 6.45) is 15.7. The molecule has 0 fully saturated rings. The van der Waals surface area contributed by atoms with Crippen LogP contribution in [-0.4, -0.2) is 11.5 Å². The number of hydrogen-bond acceptors (Lipinski definition) is 2. The van der Waals surface area contributed by atoms with Crippen LogP contribution in [-0.2, 0) is 0 Å². The van der Waals surface area contributed by atoms with E-state index in [0.717, 1.165) is 0 Å². The largest absolute Gasteiger partial charge is 0.0942 e. The summed E-state index contributed by atoms with van der Waals surface area (Å²) in [6, 6.07) is 0. The maximum absolute atomic E-state index is 2.29.